The second kappa shape index (κ2) is 8.19. The number of nitrogens with one attached hydrogen (secondary N) is 1. The maximum atomic E-state index is 13.4. The molecule has 0 saturated heterocycles. The zero-order valence-corrected chi connectivity index (χ0v) is 19.4. The van der Waals surface area contributed by atoms with Crippen LogP contribution >= 0.6 is 0 Å². The average molecular weight is 448 g/mol. The summed E-state index contributed by atoms with van der Waals surface area (Å²) in [5, 5.41) is 13.2. The molecule has 33 heavy (non-hydrogen) atoms. The van der Waals surface area contributed by atoms with Crippen molar-refractivity contribution in [2.75, 3.05) is 0 Å². The van der Waals surface area contributed by atoms with Gasteiger partial charge in [-0.05, 0) is 87.0 Å². The third kappa shape index (κ3) is 4.03. The van der Waals surface area contributed by atoms with Gasteiger partial charge in [-0.2, -0.15) is 0 Å². The molecule has 6 rings (SSSR count). The Morgan fingerprint density at radius 1 is 1.00 bits per heavy atom. The van der Waals surface area contributed by atoms with E-state index in [-0.39, 0.29) is 23.8 Å². The number of ether oxygens (including phenoxy) is 1. The smallest absolute Gasteiger partial charge is 0.309 e. The molecule has 0 aromatic heterocycles. The summed E-state index contributed by atoms with van der Waals surface area (Å²) in [4.78, 5) is 25.4. The SMILES string of the molecule is CC(C)(C(=O)NC1C2CC3CC1CC(C(=O)O)(C3)C2)c1ccc(OCc2ccccc2)cc1. The van der Waals surface area contributed by atoms with Gasteiger partial charge in [-0.3, -0.25) is 9.59 Å². The molecule has 0 aliphatic heterocycles. The van der Waals surface area contributed by atoms with Gasteiger partial charge >= 0.3 is 5.97 Å². The van der Waals surface area contributed by atoms with Crippen LogP contribution in [-0.2, 0) is 21.6 Å². The molecule has 2 atom stereocenters. The van der Waals surface area contributed by atoms with Gasteiger partial charge in [-0.15, -0.1) is 0 Å². The standard InChI is InChI=1S/C28H33NO4/c1-27(2,22-8-10-23(11-9-22)33-17-18-6-4-3-5-7-18)25(30)29-24-20-12-19-13-21(24)16-28(14-19,15-20)26(31)32/h3-11,19-21,24H,12-17H2,1-2H3,(H,29,30)(H,31,32). The molecule has 2 N–H and O–H groups in total. The number of carbonyl (C=O) groups excluding carboxylic acids is 1. The summed E-state index contributed by atoms with van der Waals surface area (Å²) >= 11 is 0. The van der Waals surface area contributed by atoms with E-state index in [1.165, 1.54) is 0 Å². The fraction of sp³-hybridized carbons (Fsp3) is 0.500. The Morgan fingerprint density at radius 2 is 1.64 bits per heavy atom. The van der Waals surface area contributed by atoms with Gasteiger partial charge in [0.2, 0.25) is 5.91 Å². The Morgan fingerprint density at radius 3 is 2.24 bits per heavy atom. The van der Waals surface area contributed by atoms with Gasteiger partial charge < -0.3 is 15.2 Å². The molecule has 2 unspecified atom stereocenters. The molecule has 5 heteroatoms. The molecule has 4 fully saturated rings. The highest BCUT2D eigenvalue weighted by Crippen LogP contribution is 2.60. The molecule has 1 amide bonds. The van der Waals surface area contributed by atoms with Crippen molar-refractivity contribution < 1.29 is 19.4 Å². The van der Waals surface area contributed by atoms with Gasteiger partial charge in [0.25, 0.3) is 0 Å². The molecule has 0 radical (unpaired) electrons. The van der Waals surface area contributed by atoms with Crippen molar-refractivity contribution in [1.29, 1.82) is 0 Å². The van der Waals surface area contributed by atoms with Crippen molar-refractivity contribution >= 4 is 11.9 Å². The first-order valence-corrected chi connectivity index (χ1v) is 12.1. The molecule has 174 valence electrons. The largest absolute Gasteiger partial charge is 0.489 e. The average Bonchev–Trinajstić information content (AvgIpc) is 2.80. The van der Waals surface area contributed by atoms with Gasteiger partial charge in [0.1, 0.15) is 12.4 Å². The number of amides is 1. The lowest BCUT2D eigenvalue weighted by atomic mass is 9.48. The second-order valence-electron chi connectivity index (χ2n) is 11.0. The van der Waals surface area contributed by atoms with Crippen LogP contribution in [-0.4, -0.2) is 23.0 Å². The first-order chi connectivity index (χ1) is 15.8. The topological polar surface area (TPSA) is 75.6 Å². The first-order valence-electron chi connectivity index (χ1n) is 12.1. The quantitative estimate of drug-likeness (QED) is 0.630. The molecule has 4 saturated carbocycles. The van der Waals surface area contributed by atoms with Crippen LogP contribution in [0.15, 0.2) is 54.6 Å². The first kappa shape index (κ1) is 22.0. The number of carboxylic acid groups (broad SMARTS) is 1. The minimum absolute atomic E-state index is 0.0160. The van der Waals surface area contributed by atoms with Gasteiger partial charge in [0, 0.05) is 6.04 Å². The van der Waals surface area contributed by atoms with Gasteiger partial charge in [-0.25, -0.2) is 0 Å². The van der Waals surface area contributed by atoms with E-state index in [0.29, 0.717) is 25.4 Å². The summed E-state index contributed by atoms with van der Waals surface area (Å²) in [6.45, 7) is 4.42. The van der Waals surface area contributed by atoms with Crippen LogP contribution in [0.25, 0.3) is 0 Å². The zero-order chi connectivity index (χ0) is 23.2. The van der Waals surface area contributed by atoms with Crippen LogP contribution in [0.1, 0.15) is 57.1 Å². The molecule has 2 aromatic rings. The summed E-state index contributed by atoms with van der Waals surface area (Å²) in [5.74, 6) is 1.22. The number of carboxylic acids is 1. The molecular formula is C28H33NO4. The fourth-order valence-electron chi connectivity index (χ4n) is 6.69. The lowest BCUT2D eigenvalue weighted by Crippen LogP contribution is -2.62. The Balaban J connectivity index is 1.24. The lowest BCUT2D eigenvalue weighted by molar-refractivity contribution is -0.168. The number of hydrogen-bond donors (Lipinski definition) is 2. The Labute approximate surface area is 195 Å². The number of aliphatic carboxylic acids is 1. The van der Waals surface area contributed by atoms with E-state index >= 15 is 0 Å². The minimum atomic E-state index is -0.683. The highest BCUT2D eigenvalue weighted by atomic mass is 16.5. The normalized spacial score (nSPS) is 30.1. The summed E-state index contributed by atoms with van der Waals surface area (Å²) in [7, 11) is 0. The van der Waals surface area contributed by atoms with Crippen LogP contribution in [0, 0.1) is 23.2 Å². The van der Waals surface area contributed by atoms with E-state index in [0.717, 1.165) is 36.1 Å². The Hall–Kier alpha value is -2.82. The van der Waals surface area contributed by atoms with E-state index in [1.54, 1.807) is 0 Å². The molecule has 0 heterocycles. The van der Waals surface area contributed by atoms with Crippen LogP contribution < -0.4 is 10.1 Å². The van der Waals surface area contributed by atoms with E-state index in [9.17, 15) is 14.7 Å². The van der Waals surface area contributed by atoms with Crippen molar-refractivity contribution in [1.82, 2.24) is 5.32 Å². The monoisotopic (exact) mass is 447 g/mol. The van der Waals surface area contributed by atoms with Crippen molar-refractivity contribution in [2.45, 2.75) is 64.0 Å². The summed E-state index contributed by atoms with van der Waals surface area (Å²) in [5.41, 5.74) is 0.819. The Kier molecular flexibility index (Phi) is 5.46. The van der Waals surface area contributed by atoms with Gasteiger partial charge in [0.15, 0.2) is 0 Å². The van der Waals surface area contributed by atoms with E-state index in [1.807, 2.05) is 68.4 Å². The predicted octanol–water partition coefficient (Wildman–Crippen LogP) is 4.94. The molecule has 2 aromatic carbocycles. The van der Waals surface area contributed by atoms with Crippen molar-refractivity contribution in [3.05, 3.63) is 65.7 Å². The fourth-order valence-corrected chi connectivity index (χ4v) is 6.69. The third-order valence-corrected chi connectivity index (χ3v) is 8.42. The maximum Gasteiger partial charge on any atom is 0.309 e. The lowest BCUT2D eigenvalue weighted by Gasteiger charge is -2.58. The number of rotatable bonds is 7. The van der Waals surface area contributed by atoms with Crippen molar-refractivity contribution in [3.63, 3.8) is 0 Å². The number of hydrogen-bond acceptors (Lipinski definition) is 3. The van der Waals surface area contributed by atoms with Crippen LogP contribution in [0.2, 0.25) is 0 Å². The van der Waals surface area contributed by atoms with Crippen molar-refractivity contribution in [2.24, 2.45) is 23.2 Å². The van der Waals surface area contributed by atoms with Crippen LogP contribution in [0.3, 0.4) is 0 Å². The Bertz CT molecular complexity index is 1010. The van der Waals surface area contributed by atoms with Crippen LogP contribution in [0.4, 0.5) is 0 Å². The van der Waals surface area contributed by atoms with Gasteiger partial charge in [-0.1, -0.05) is 42.5 Å². The van der Waals surface area contributed by atoms with Gasteiger partial charge in [0.05, 0.1) is 10.8 Å². The highest BCUT2D eigenvalue weighted by molar-refractivity contribution is 5.87. The third-order valence-electron chi connectivity index (χ3n) is 8.42. The molecule has 4 aliphatic rings. The van der Waals surface area contributed by atoms with Crippen molar-refractivity contribution in [3.8, 4) is 5.75 Å². The molecule has 5 nitrogen and oxygen atoms in total. The summed E-state index contributed by atoms with van der Waals surface area (Å²) in [6, 6.07) is 17.9. The van der Waals surface area contributed by atoms with Crippen LogP contribution in [0.5, 0.6) is 5.75 Å². The molecule has 4 aliphatic carbocycles. The second-order valence-corrected chi connectivity index (χ2v) is 11.0. The predicted molar refractivity (Wildman–Crippen MR) is 126 cm³/mol. The summed E-state index contributed by atoms with van der Waals surface area (Å²) < 4.78 is 5.89. The molecule has 4 bridgehead atoms. The summed E-state index contributed by atoms with van der Waals surface area (Å²) in [6.07, 6.45) is 4.32. The maximum absolute atomic E-state index is 13.4. The number of carbonyl (C=O) groups is 2. The van der Waals surface area contributed by atoms with E-state index in [4.69, 9.17) is 4.74 Å². The minimum Gasteiger partial charge on any atom is -0.489 e. The molecule has 0 spiro atoms. The highest BCUT2D eigenvalue weighted by Gasteiger charge is 2.59. The molecular weight excluding hydrogens is 414 g/mol. The van der Waals surface area contributed by atoms with E-state index in [2.05, 4.69) is 5.32 Å². The number of benzene rings is 2. The van der Waals surface area contributed by atoms with E-state index < -0.39 is 16.8 Å². The zero-order valence-electron chi connectivity index (χ0n) is 19.4.